The molecule has 146 valence electrons. The van der Waals surface area contributed by atoms with Crippen molar-refractivity contribution in [1.82, 2.24) is 9.97 Å². The monoisotopic (exact) mass is 390 g/mol. The molecule has 0 unspecified atom stereocenters. The first-order valence-electron chi connectivity index (χ1n) is 8.49. The van der Waals surface area contributed by atoms with Gasteiger partial charge in [0.25, 0.3) is 6.02 Å². The summed E-state index contributed by atoms with van der Waals surface area (Å²) in [7, 11) is 0. The maximum absolute atomic E-state index is 14.8. The van der Waals surface area contributed by atoms with Gasteiger partial charge in [0.1, 0.15) is 11.5 Å². The summed E-state index contributed by atoms with van der Waals surface area (Å²) in [4.78, 5) is 16.5. The van der Waals surface area contributed by atoms with Crippen LogP contribution in [0.25, 0.3) is 0 Å². The molecule has 3 heterocycles. The van der Waals surface area contributed by atoms with Gasteiger partial charge in [-0.2, -0.15) is 8.78 Å². The van der Waals surface area contributed by atoms with Crippen molar-refractivity contribution in [2.24, 2.45) is 15.7 Å². The van der Waals surface area contributed by atoms with E-state index in [1.807, 2.05) is 0 Å². The van der Waals surface area contributed by atoms with E-state index in [0.717, 1.165) is 12.6 Å². The van der Waals surface area contributed by atoms with Crippen LogP contribution in [0, 0.1) is 12.7 Å². The molecular weight excluding hydrogens is 373 g/mol. The molecule has 0 bridgehead atoms. The van der Waals surface area contributed by atoms with E-state index in [1.54, 1.807) is 19.3 Å². The van der Waals surface area contributed by atoms with E-state index in [0.29, 0.717) is 22.8 Å². The van der Waals surface area contributed by atoms with Crippen molar-refractivity contribution in [2.75, 3.05) is 11.9 Å². The number of fused-ring (bicyclic) bond motifs is 1. The fourth-order valence-electron chi connectivity index (χ4n) is 3.12. The van der Waals surface area contributed by atoms with Crippen molar-refractivity contribution in [3.05, 3.63) is 52.9 Å². The number of hydrogen-bond donors (Lipinski definition) is 2. The van der Waals surface area contributed by atoms with Gasteiger partial charge in [0.2, 0.25) is 0 Å². The molecule has 2 aliphatic rings. The minimum absolute atomic E-state index is 0.173. The van der Waals surface area contributed by atoms with E-state index in [-0.39, 0.29) is 12.1 Å². The number of aliphatic imine (C=N–C) groups is 2. The lowest BCUT2D eigenvalue weighted by Gasteiger charge is -2.38. The van der Waals surface area contributed by atoms with E-state index >= 15 is 0 Å². The number of anilines is 1. The molecule has 0 fully saturated rings. The lowest BCUT2D eigenvalue weighted by molar-refractivity contribution is -0.117. The zero-order chi connectivity index (χ0) is 20.1. The van der Waals surface area contributed by atoms with Gasteiger partial charge in [-0.05, 0) is 26.0 Å². The zero-order valence-corrected chi connectivity index (χ0v) is 15.1. The first-order chi connectivity index (χ1) is 13.2. The van der Waals surface area contributed by atoms with Gasteiger partial charge in [-0.1, -0.05) is 0 Å². The van der Waals surface area contributed by atoms with Crippen LogP contribution in [-0.4, -0.2) is 34.4 Å². The number of rotatable bonds is 2. The summed E-state index contributed by atoms with van der Waals surface area (Å²) in [6.45, 7) is 2.13. The van der Waals surface area contributed by atoms with Crippen LogP contribution in [0.15, 0.2) is 34.5 Å². The summed E-state index contributed by atoms with van der Waals surface area (Å²) < 4.78 is 48.6. The number of nitrogens with zero attached hydrogens (tertiary/aromatic N) is 4. The Hall–Kier alpha value is -3.17. The number of amidine groups is 2. The minimum Gasteiger partial charge on any atom is -0.459 e. The van der Waals surface area contributed by atoms with E-state index in [9.17, 15) is 13.2 Å². The van der Waals surface area contributed by atoms with E-state index < -0.39 is 29.9 Å². The topological polar surface area (TPSA) is 97.8 Å². The maximum atomic E-state index is 14.8. The Morgan fingerprint density at radius 2 is 2.00 bits per heavy atom. The molecule has 0 spiro atoms. The Kier molecular flexibility index (Phi) is 4.02. The van der Waals surface area contributed by atoms with Crippen molar-refractivity contribution >= 4 is 17.5 Å². The first-order valence-corrected chi connectivity index (χ1v) is 8.49. The Morgan fingerprint density at radius 3 is 2.71 bits per heavy atom. The molecular formula is C18H17F3N6O. The molecule has 1 aromatic carbocycles. The third-order valence-corrected chi connectivity index (χ3v) is 4.85. The lowest BCUT2D eigenvalue weighted by atomic mass is 9.84. The maximum Gasteiger partial charge on any atom is 0.310 e. The number of aromatic nitrogens is 2. The molecule has 0 radical (unpaired) electrons. The van der Waals surface area contributed by atoms with Crippen LogP contribution >= 0.6 is 0 Å². The van der Waals surface area contributed by atoms with Crippen LogP contribution in [0.4, 0.5) is 18.9 Å². The third-order valence-electron chi connectivity index (χ3n) is 4.85. The van der Waals surface area contributed by atoms with Crippen molar-refractivity contribution in [2.45, 2.75) is 31.9 Å². The quantitative estimate of drug-likeness (QED) is 0.821. The molecule has 28 heavy (non-hydrogen) atoms. The Morgan fingerprint density at radius 1 is 1.21 bits per heavy atom. The number of nitrogens with two attached hydrogens (primary N) is 1. The van der Waals surface area contributed by atoms with Crippen LogP contribution in [0.1, 0.15) is 29.4 Å². The summed E-state index contributed by atoms with van der Waals surface area (Å²) in [6, 6.07) is 2.09. The minimum atomic E-state index is -3.45. The van der Waals surface area contributed by atoms with Crippen molar-refractivity contribution < 1.29 is 17.9 Å². The van der Waals surface area contributed by atoms with E-state index in [4.69, 9.17) is 5.73 Å². The number of halogens is 3. The van der Waals surface area contributed by atoms with E-state index in [2.05, 4.69) is 30.0 Å². The van der Waals surface area contributed by atoms with Crippen LogP contribution in [0.3, 0.4) is 0 Å². The highest BCUT2D eigenvalue weighted by atomic mass is 19.3. The second-order valence-corrected chi connectivity index (χ2v) is 6.84. The van der Waals surface area contributed by atoms with Crippen LogP contribution < -0.4 is 11.1 Å². The summed E-state index contributed by atoms with van der Waals surface area (Å²) in [5, 5.41) is 3.02. The van der Waals surface area contributed by atoms with Gasteiger partial charge < -0.3 is 15.8 Å². The molecule has 3 N–H and O–H groups in total. The highest BCUT2D eigenvalue weighted by Crippen LogP contribution is 2.45. The van der Waals surface area contributed by atoms with Gasteiger partial charge in [-0.3, -0.25) is 9.98 Å². The number of aryl methyl sites for hydroxylation is 1. The normalized spacial score (nSPS) is 23.0. The Balaban J connectivity index is 1.76. The highest BCUT2D eigenvalue weighted by Gasteiger charge is 2.56. The fraction of sp³-hybridized carbons (Fsp3) is 0.333. The van der Waals surface area contributed by atoms with Gasteiger partial charge in [0, 0.05) is 23.0 Å². The number of benzene rings is 1. The summed E-state index contributed by atoms with van der Waals surface area (Å²) in [5.41, 5.74) is 5.22. The van der Waals surface area contributed by atoms with Crippen LogP contribution in [0.5, 0.6) is 0 Å². The standard InChI is InChI=1S/C18H17F3N6O/c1-9-5-24-14(7-23-9)15-25-6-10-3-12(19)11(4-13(10)26-15)17(2)18(20,21)8-28-16(22)27-17/h3-5,7H,6,8H2,1-2H3,(H2,22,27)(H,25,26)/t17-/m1/s1. The second-order valence-electron chi connectivity index (χ2n) is 6.84. The van der Waals surface area contributed by atoms with Gasteiger partial charge in [-0.25, -0.2) is 14.4 Å². The second kappa shape index (κ2) is 6.18. The van der Waals surface area contributed by atoms with Gasteiger partial charge in [0.05, 0.1) is 18.4 Å². The smallest absolute Gasteiger partial charge is 0.310 e. The molecule has 1 atom stereocenters. The Bertz CT molecular complexity index is 1010. The van der Waals surface area contributed by atoms with Crippen molar-refractivity contribution in [3.8, 4) is 0 Å². The van der Waals surface area contributed by atoms with Gasteiger partial charge >= 0.3 is 5.92 Å². The summed E-state index contributed by atoms with van der Waals surface area (Å²) in [5.74, 6) is -3.83. The average Bonchev–Trinajstić information content (AvgIpc) is 2.65. The summed E-state index contributed by atoms with van der Waals surface area (Å²) >= 11 is 0. The molecule has 0 amide bonds. The molecule has 2 aromatic rings. The Labute approximate surface area is 158 Å². The summed E-state index contributed by atoms with van der Waals surface area (Å²) in [6.07, 6.45) is 3.14. The van der Waals surface area contributed by atoms with Gasteiger partial charge in [-0.15, -0.1) is 0 Å². The fourth-order valence-corrected chi connectivity index (χ4v) is 3.12. The number of nitrogens with one attached hydrogen (secondary N) is 1. The SMILES string of the molecule is Cc1cnc(C2=NCc3cc(F)c([C@@]4(C)N=C(N)OCC4(F)F)cc3N2)cn1. The van der Waals surface area contributed by atoms with Gasteiger partial charge in [0.15, 0.2) is 18.0 Å². The molecule has 0 saturated heterocycles. The van der Waals surface area contributed by atoms with Crippen LogP contribution in [0.2, 0.25) is 0 Å². The largest absolute Gasteiger partial charge is 0.459 e. The number of hydrogen-bond acceptors (Lipinski definition) is 7. The number of ether oxygens (including phenoxy) is 1. The molecule has 4 rings (SSSR count). The molecule has 0 aliphatic carbocycles. The van der Waals surface area contributed by atoms with Crippen molar-refractivity contribution in [1.29, 1.82) is 0 Å². The van der Waals surface area contributed by atoms with E-state index in [1.165, 1.54) is 12.1 Å². The predicted octanol–water partition coefficient (Wildman–Crippen LogP) is 2.49. The molecule has 10 heteroatoms. The molecule has 1 aromatic heterocycles. The third kappa shape index (κ3) is 2.85. The zero-order valence-electron chi connectivity index (χ0n) is 15.1. The average molecular weight is 390 g/mol. The predicted molar refractivity (Wildman–Crippen MR) is 96.9 cm³/mol. The molecule has 7 nitrogen and oxygen atoms in total. The first kappa shape index (κ1) is 18.2. The molecule has 0 saturated carbocycles. The highest BCUT2D eigenvalue weighted by molar-refractivity contribution is 6.08. The number of alkyl halides is 2. The lowest BCUT2D eigenvalue weighted by Crippen LogP contribution is -2.51. The molecule has 2 aliphatic heterocycles. The van der Waals surface area contributed by atoms with Crippen molar-refractivity contribution in [3.63, 3.8) is 0 Å². The van der Waals surface area contributed by atoms with Crippen LogP contribution in [-0.2, 0) is 16.8 Å².